The molecule has 0 radical (unpaired) electrons. The normalized spacial score (nSPS) is 10.6. The highest BCUT2D eigenvalue weighted by Gasteiger charge is 2.06. The Morgan fingerprint density at radius 1 is 1.27 bits per heavy atom. The topological polar surface area (TPSA) is 54.9 Å². The number of anilines is 1. The third-order valence-electron chi connectivity index (χ3n) is 2.63. The zero-order valence-electron chi connectivity index (χ0n) is 13.3. The zero-order chi connectivity index (χ0) is 15.5. The number of benzene rings is 1. The summed E-state index contributed by atoms with van der Waals surface area (Å²) in [4.78, 5) is 4.30. The molecular weight excluding hydrogens is 400 g/mol. The molecule has 0 atom stereocenters. The number of hydrogen-bond donors (Lipinski definition) is 2. The number of aliphatic imine (C=N–C) groups is 1. The second-order valence-electron chi connectivity index (χ2n) is 4.23. The standard InChI is InChI=1S/C15H24FN3O2.HI/c1-4-17-15(18-10-6-9-16)19-12-7-8-13(20-3)14(11-12)21-5-2;/h7-8,11H,4-6,9-10H2,1-3H3,(H2,17,18,19);1H. The fourth-order valence-corrected chi connectivity index (χ4v) is 1.72. The molecule has 0 heterocycles. The SMILES string of the molecule is CCNC(=NCCCF)Nc1ccc(OC)c(OCC)c1.I. The smallest absolute Gasteiger partial charge is 0.195 e. The molecule has 2 N–H and O–H groups in total. The second kappa shape index (κ2) is 12.3. The van der Waals surface area contributed by atoms with Gasteiger partial charge >= 0.3 is 0 Å². The van der Waals surface area contributed by atoms with E-state index in [-0.39, 0.29) is 30.7 Å². The molecule has 0 saturated heterocycles. The Kier molecular flexibility index (Phi) is 11.6. The van der Waals surface area contributed by atoms with Gasteiger partial charge in [0.15, 0.2) is 17.5 Å². The van der Waals surface area contributed by atoms with E-state index in [1.807, 2.05) is 32.0 Å². The van der Waals surface area contributed by atoms with Gasteiger partial charge in [-0.1, -0.05) is 0 Å². The fourth-order valence-electron chi connectivity index (χ4n) is 1.72. The van der Waals surface area contributed by atoms with Crippen molar-refractivity contribution in [1.29, 1.82) is 0 Å². The average molecular weight is 425 g/mol. The summed E-state index contributed by atoms with van der Waals surface area (Å²) in [7, 11) is 1.60. The highest BCUT2D eigenvalue weighted by atomic mass is 127. The van der Waals surface area contributed by atoms with Crippen molar-refractivity contribution < 1.29 is 13.9 Å². The molecule has 7 heteroatoms. The molecule has 0 aromatic heterocycles. The van der Waals surface area contributed by atoms with Gasteiger partial charge in [0.2, 0.25) is 0 Å². The highest BCUT2D eigenvalue weighted by molar-refractivity contribution is 14.0. The van der Waals surface area contributed by atoms with Crippen molar-refractivity contribution >= 4 is 35.6 Å². The van der Waals surface area contributed by atoms with Gasteiger partial charge in [-0.3, -0.25) is 9.38 Å². The van der Waals surface area contributed by atoms with Crippen molar-refractivity contribution in [2.75, 3.05) is 38.8 Å². The number of nitrogens with zero attached hydrogens (tertiary/aromatic N) is 1. The van der Waals surface area contributed by atoms with Gasteiger partial charge in [-0.15, -0.1) is 24.0 Å². The molecule has 0 saturated carbocycles. The van der Waals surface area contributed by atoms with Gasteiger partial charge in [0.1, 0.15) is 0 Å². The highest BCUT2D eigenvalue weighted by Crippen LogP contribution is 2.30. The lowest BCUT2D eigenvalue weighted by Crippen LogP contribution is -2.30. The van der Waals surface area contributed by atoms with Gasteiger partial charge in [0.25, 0.3) is 0 Å². The average Bonchev–Trinajstić information content (AvgIpc) is 2.48. The van der Waals surface area contributed by atoms with Gasteiger partial charge in [-0.25, -0.2) is 0 Å². The molecule has 5 nitrogen and oxygen atoms in total. The molecule has 0 bridgehead atoms. The minimum atomic E-state index is -0.361. The maximum atomic E-state index is 12.1. The van der Waals surface area contributed by atoms with E-state index in [2.05, 4.69) is 15.6 Å². The zero-order valence-corrected chi connectivity index (χ0v) is 15.6. The lowest BCUT2D eigenvalue weighted by Gasteiger charge is -2.14. The van der Waals surface area contributed by atoms with Gasteiger partial charge in [-0.05, 0) is 32.4 Å². The Bertz CT molecular complexity index is 458. The Balaban J connectivity index is 0.00000441. The van der Waals surface area contributed by atoms with Gasteiger partial charge in [-0.2, -0.15) is 0 Å². The van der Waals surface area contributed by atoms with Crippen molar-refractivity contribution in [2.45, 2.75) is 20.3 Å². The van der Waals surface area contributed by atoms with Crippen LogP contribution in [0.3, 0.4) is 0 Å². The summed E-state index contributed by atoms with van der Waals surface area (Å²) in [5.74, 6) is 1.98. The molecule has 0 unspecified atom stereocenters. The lowest BCUT2D eigenvalue weighted by molar-refractivity contribution is 0.311. The fraction of sp³-hybridized carbons (Fsp3) is 0.533. The van der Waals surface area contributed by atoms with Crippen LogP contribution in [-0.4, -0.2) is 39.4 Å². The molecule has 0 aliphatic heterocycles. The number of guanidine groups is 1. The molecule has 0 aliphatic carbocycles. The number of methoxy groups -OCH3 is 1. The van der Waals surface area contributed by atoms with Crippen LogP contribution in [0.25, 0.3) is 0 Å². The summed E-state index contributed by atoms with van der Waals surface area (Å²) in [5, 5.41) is 6.28. The molecule has 1 rings (SSSR count). The predicted octanol–water partition coefficient (Wildman–Crippen LogP) is 3.45. The largest absolute Gasteiger partial charge is 0.493 e. The first-order chi connectivity index (χ1) is 10.2. The molecule has 0 aliphatic rings. The first-order valence-corrected chi connectivity index (χ1v) is 7.17. The van der Waals surface area contributed by atoms with Gasteiger partial charge in [0.05, 0.1) is 20.4 Å². The van der Waals surface area contributed by atoms with Gasteiger partial charge < -0.3 is 20.1 Å². The number of hydrogen-bond acceptors (Lipinski definition) is 3. The van der Waals surface area contributed by atoms with E-state index in [1.165, 1.54) is 0 Å². The Labute approximate surface area is 148 Å². The summed E-state index contributed by atoms with van der Waals surface area (Å²) in [6, 6.07) is 5.56. The first-order valence-electron chi connectivity index (χ1n) is 7.17. The molecular formula is C15H25FIN3O2. The van der Waals surface area contributed by atoms with E-state index in [4.69, 9.17) is 9.47 Å². The van der Waals surface area contributed by atoms with Crippen LogP contribution in [0.5, 0.6) is 11.5 Å². The molecule has 22 heavy (non-hydrogen) atoms. The van der Waals surface area contributed by atoms with Crippen LogP contribution in [-0.2, 0) is 0 Å². The van der Waals surface area contributed by atoms with Crippen molar-refractivity contribution in [3.05, 3.63) is 18.2 Å². The molecule has 1 aromatic carbocycles. The summed E-state index contributed by atoms with van der Waals surface area (Å²) in [5.41, 5.74) is 0.833. The van der Waals surface area contributed by atoms with E-state index in [9.17, 15) is 4.39 Å². The first kappa shape index (κ1) is 20.8. The van der Waals surface area contributed by atoms with E-state index in [0.717, 1.165) is 12.2 Å². The molecule has 0 fully saturated rings. The molecule has 1 aromatic rings. The van der Waals surface area contributed by atoms with Crippen molar-refractivity contribution in [1.82, 2.24) is 5.32 Å². The maximum absolute atomic E-state index is 12.1. The summed E-state index contributed by atoms with van der Waals surface area (Å²) in [6.45, 7) is 5.27. The van der Waals surface area contributed by atoms with Crippen LogP contribution in [0.1, 0.15) is 20.3 Å². The summed E-state index contributed by atoms with van der Waals surface area (Å²) < 4.78 is 22.9. The third kappa shape index (κ3) is 7.15. The van der Waals surface area contributed by atoms with Crippen LogP contribution >= 0.6 is 24.0 Å². The molecule has 126 valence electrons. The minimum Gasteiger partial charge on any atom is -0.493 e. The number of rotatable bonds is 8. The third-order valence-corrected chi connectivity index (χ3v) is 2.63. The van der Waals surface area contributed by atoms with Crippen molar-refractivity contribution in [3.63, 3.8) is 0 Å². The monoisotopic (exact) mass is 425 g/mol. The Morgan fingerprint density at radius 2 is 2.05 bits per heavy atom. The van der Waals surface area contributed by atoms with E-state index < -0.39 is 0 Å². The summed E-state index contributed by atoms with van der Waals surface area (Å²) in [6.07, 6.45) is 0.420. The number of halogens is 2. The number of alkyl halides is 1. The maximum Gasteiger partial charge on any atom is 0.195 e. The van der Waals surface area contributed by atoms with Crippen LogP contribution in [0.2, 0.25) is 0 Å². The van der Waals surface area contributed by atoms with E-state index in [0.29, 0.717) is 37.0 Å². The van der Waals surface area contributed by atoms with Crippen molar-refractivity contribution in [2.24, 2.45) is 4.99 Å². The van der Waals surface area contributed by atoms with Crippen LogP contribution < -0.4 is 20.1 Å². The van der Waals surface area contributed by atoms with Gasteiger partial charge in [0, 0.05) is 24.8 Å². The molecule has 0 amide bonds. The van der Waals surface area contributed by atoms with Crippen molar-refractivity contribution in [3.8, 4) is 11.5 Å². The molecule has 0 spiro atoms. The Hall–Kier alpha value is -1.25. The number of nitrogens with one attached hydrogen (secondary N) is 2. The predicted molar refractivity (Wildman–Crippen MR) is 99.8 cm³/mol. The van der Waals surface area contributed by atoms with Crippen LogP contribution in [0, 0.1) is 0 Å². The van der Waals surface area contributed by atoms with Crippen LogP contribution in [0.15, 0.2) is 23.2 Å². The van der Waals surface area contributed by atoms with Crippen LogP contribution in [0.4, 0.5) is 10.1 Å². The number of ether oxygens (including phenoxy) is 2. The summed E-state index contributed by atoms with van der Waals surface area (Å²) >= 11 is 0. The van der Waals surface area contributed by atoms with E-state index in [1.54, 1.807) is 7.11 Å². The Morgan fingerprint density at radius 3 is 2.64 bits per heavy atom. The lowest BCUT2D eigenvalue weighted by atomic mass is 10.2. The minimum absolute atomic E-state index is 0. The second-order valence-corrected chi connectivity index (χ2v) is 4.23. The quantitative estimate of drug-likeness (QED) is 0.290. The van der Waals surface area contributed by atoms with E-state index >= 15 is 0 Å².